The van der Waals surface area contributed by atoms with Crippen LogP contribution in [0.25, 0.3) is 0 Å². The van der Waals surface area contributed by atoms with Gasteiger partial charge in [-0.1, -0.05) is 19.1 Å². The van der Waals surface area contributed by atoms with E-state index in [0.29, 0.717) is 12.2 Å². The molecule has 5 heteroatoms. The predicted octanol–water partition coefficient (Wildman–Crippen LogP) is 1.71. The quantitative estimate of drug-likeness (QED) is 0.718. The predicted molar refractivity (Wildman–Crippen MR) is 69.8 cm³/mol. The number of amides is 1. The fourth-order valence-electron chi connectivity index (χ4n) is 1.50. The van der Waals surface area contributed by atoms with Gasteiger partial charge in [-0.3, -0.25) is 4.79 Å². The second kappa shape index (κ2) is 6.64. The Balaban J connectivity index is 2.72. The fraction of sp³-hybridized carbons (Fsp3) is 0.385. The van der Waals surface area contributed by atoms with E-state index in [1.165, 1.54) is 6.07 Å². The van der Waals surface area contributed by atoms with Crippen molar-refractivity contribution in [2.75, 3.05) is 11.9 Å². The minimum Gasteiger partial charge on any atom is -0.478 e. The summed E-state index contributed by atoms with van der Waals surface area (Å²) in [6.07, 6.45) is 0.865. The van der Waals surface area contributed by atoms with E-state index in [9.17, 15) is 9.59 Å². The third-order valence-corrected chi connectivity index (χ3v) is 2.47. The van der Waals surface area contributed by atoms with E-state index in [0.717, 1.165) is 6.42 Å². The maximum atomic E-state index is 11.7. The molecule has 1 amide bonds. The largest absolute Gasteiger partial charge is 0.478 e. The number of nitrogens with one attached hydrogen (secondary N) is 2. The summed E-state index contributed by atoms with van der Waals surface area (Å²) < 4.78 is 0. The van der Waals surface area contributed by atoms with Crippen molar-refractivity contribution in [3.05, 3.63) is 29.8 Å². The van der Waals surface area contributed by atoms with Crippen LogP contribution in [0.1, 0.15) is 30.6 Å². The smallest absolute Gasteiger partial charge is 0.337 e. The molecule has 5 nitrogen and oxygen atoms in total. The molecule has 1 unspecified atom stereocenters. The topological polar surface area (TPSA) is 78.4 Å². The Hall–Kier alpha value is -2.04. The summed E-state index contributed by atoms with van der Waals surface area (Å²) in [4.78, 5) is 22.7. The monoisotopic (exact) mass is 250 g/mol. The van der Waals surface area contributed by atoms with Crippen molar-refractivity contribution in [3.8, 4) is 0 Å². The Morgan fingerprint density at radius 2 is 2.00 bits per heavy atom. The van der Waals surface area contributed by atoms with Crippen LogP contribution in [0.2, 0.25) is 0 Å². The average Bonchev–Trinajstić information content (AvgIpc) is 2.36. The van der Waals surface area contributed by atoms with Crippen LogP contribution in [0.3, 0.4) is 0 Å². The molecule has 0 fully saturated rings. The first-order chi connectivity index (χ1) is 8.56. The van der Waals surface area contributed by atoms with Gasteiger partial charge in [0.05, 0.1) is 5.56 Å². The molecular weight excluding hydrogens is 232 g/mol. The highest BCUT2D eigenvalue weighted by Crippen LogP contribution is 2.15. The van der Waals surface area contributed by atoms with Crippen molar-refractivity contribution >= 4 is 17.6 Å². The van der Waals surface area contributed by atoms with Gasteiger partial charge in [-0.15, -0.1) is 0 Å². The number of anilines is 1. The van der Waals surface area contributed by atoms with Crippen molar-refractivity contribution in [2.24, 2.45) is 0 Å². The molecule has 18 heavy (non-hydrogen) atoms. The van der Waals surface area contributed by atoms with E-state index in [1.54, 1.807) is 25.1 Å². The zero-order valence-electron chi connectivity index (χ0n) is 10.6. The minimum atomic E-state index is -1.01. The Bertz CT molecular complexity index is 432. The zero-order chi connectivity index (χ0) is 13.5. The normalized spacial score (nSPS) is 11.7. The second-order valence-corrected chi connectivity index (χ2v) is 4.01. The van der Waals surface area contributed by atoms with E-state index >= 15 is 0 Å². The van der Waals surface area contributed by atoms with Crippen molar-refractivity contribution in [3.63, 3.8) is 0 Å². The van der Waals surface area contributed by atoms with E-state index < -0.39 is 12.0 Å². The highest BCUT2D eigenvalue weighted by molar-refractivity contribution is 5.95. The molecule has 0 radical (unpaired) electrons. The maximum absolute atomic E-state index is 11.7. The number of hydrogen-bond donors (Lipinski definition) is 3. The third kappa shape index (κ3) is 3.76. The zero-order valence-corrected chi connectivity index (χ0v) is 10.6. The first-order valence-electron chi connectivity index (χ1n) is 5.92. The Labute approximate surface area is 106 Å². The summed E-state index contributed by atoms with van der Waals surface area (Å²) in [6.45, 7) is 4.28. The second-order valence-electron chi connectivity index (χ2n) is 4.01. The fourth-order valence-corrected chi connectivity index (χ4v) is 1.50. The summed E-state index contributed by atoms with van der Waals surface area (Å²) in [5, 5.41) is 14.7. The van der Waals surface area contributed by atoms with Gasteiger partial charge in [0.1, 0.15) is 6.04 Å². The molecule has 0 saturated heterocycles. The van der Waals surface area contributed by atoms with Crippen molar-refractivity contribution in [1.29, 1.82) is 0 Å². The van der Waals surface area contributed by atoms with Gasteiger partial charge >= 0.3 is 5.97 Å². The Morgan fingerprint density at radius 1 is 1.33 bits per heavy atom. The molecule has 0 aliphatic rings. The number of rotatable bonds is 6. The van der Waals surface area contributed by atoms with Gasteiger partial charge < -0.3 is 15.7 Å². The number of carboxylic acid groups (broad SMARTS) is 1. The van der Waals surface area contributed by atoms with Gasteiger partial charge in [-0.25, -0.2) is 4.79 Å². The van der Waals surface area contributed by atoms with Gasteiger partial charge in [0.25, 0.3) is 0 Å². The van der Waals surface area contributed by atoms with Crippen LogP contribution >= 0.6 is 0 Å². The van der Waals surface area contributed by atoms with Gasteiger partial charge in [-0.2, -0.15) is 0 Å². The molecule has 0 aliphatic heterocycles. The lowest BCUT2D eigenvalue weighted by atomic mass is 10.1. The summed E-state index contributed by atoms with van der Waals surface area (Å²) >= 11 is 0. The van der Waals surface area contributed by atoms with E-state index in [4.69, 9.17) is 5.11 Å². The van der Waals surface area contributed by atoms with E-state index in [1.807, 2.05) is 6.92 Å². The molecule has 1 atom stereocenters. The molecule has 3 N–H and O–H groups in total. The van der Waals surface area contributed by atoms with Gasteiger partial charge in [0.2, 0.25) is 5.91 Å². The average molecular weight is 250 g/mol. The molecule has 0 aliphatic carbocycles. The van der Waals surface area contributed by atoms with Crippen molar-refractivity contribution < 1.29 is 14.7 Å². The molecule has 1 rings (SSSR count). The lowest BCUT2D eigenvalue weighted by molar-refractivity contribution is -0.121. The third-order valence-electron chi connectivity index (χ3n) is 2.47. The number of hydrogen-bond acceptors (Lipinski definition) is 3. The van der Waals surface area contributed by atoms with Gasteiger partial charge in [0.15, 0.2) is 0 Å². The summed E-state index contributed by atoms with van der Waals surface area (Å²) in [5.41, 5.74) is 0.608. The van der Waals surface area contributed by atoms with Crippen LogP contribution in [-0.2, 0) is 4.79 Å². The highest BCUT2D eigenvalue weighted by atomic mass is 16.4. The SMILES string of the molecule is CCCNC(=O)C(C)Nc1ccccc1C(=O)O. The number of carbonyl (C=O) groups excluding carboxylic acids is 1. The van der Waals surface area contributed by atoms with Crippen molar-refractivity contribution in [1.82, 2.24) is 5.32 Å². The molecule has 1 aromatic rings. The van der Waals surface area contributed by atoms with Gasteiger partial charge in [0, 0.05) is 12.2 Å². The van der Waals surface area contributed by atoms with Crippen LogP contribution in [0, 0.1) is 0 Å². The molecular formula is C13H18N2O3. The van der Waals surface area contributed by atoms with Gasteiger partial charge in [-0.05, 0) is 25.5 Å². The summed E-state index contributed by atoms with van der Waals surface area (Å²) in [7, 11) is 0. The lowest BCUT2D eigenvalue weighted by Gasteiger charge is -2.16. The molecule has 0 bridgehead atoms. The summed E-state index contributed by atoms with van der Waals surface area (Å²) in [5.74, 6) is -1.16. The first kappa shape index (κ1) is 14.0. The minimum absolute atomic E-state index is 0.142. The molecule has 0 aromatic heterocycles. The highest BCUT2D eigenvalue weighted by Gasteiger charge is 2.15. The van der Waals surface area contributed by atoms with Crippen molar-refractivity contribution in [2.45, 2.75) is 26.3 Å². The Morgan fingerprint density at radius 3 is 2.61 bits per heavy atom. The first-order valence-corrected chi connectivity index (χ1v) is 5.92. The number of para-hydroxylation sites is 1. The maximum Gasteiger partial charge on any atom is 0.337 e. The molecule has 0 spiro atoms. The number of carbonyl (C=O) groups is 2. The van der Waals surface area contributed by atoms with Crippen LogP contribution in [0.5, 0.6) is 0 Å². The van der Waals surface area contributed by atoms with Crippen LogP contribution < -0.4 is 10.6 Å². The van der Waals surface area contributed by atoms with E-state index in [2.05, 4.69) is 10.6 Å². The van der Waals surface area contributed by atoms with E-state index in [-0.39, 0.29) is 11.5 Å². The molecule has 1 aromatic carbocycles. The van der Waals surface area contributed by atoms with Crippen LogP contribution in [0.15, 0.2) is 24.3 Å². The molecule has 0 saturated carbocycles. The lowest BCUT2D eigenvalue weighted by Crippen LogP contribution is -2.38. The molecule has 0 heterocycles. The number of aromatic carboxylic acids is 1. The number of benzene rings is 1. The van der Waals surface area contributed by atoms with Crippen LogP contribution in [-0.4, -0.2) is 29.6 Å². The molecule has 98 valence electrons. The Kier molecular flexibility index (Phi) is 5.17. The van der Waals surface area contributed by atoms with Crippen LogP contribution in [0.4, 0.5) is 5.69 Å². The standard InChI is InChI=1S/C13H18N2O3/c1-3-8-14-12(16)9(2)15-11-7-5-4-6-10(11)13(17)18/h4-7,9,15H,3,8H2,1-2H3,(H,14,16)(H,17,18). The number of carboxylic acids is 1. The summed E-state index contributed by atoms with van der Waals surface area (Å²) in [6, 6.07) is 6.05.